The molecule has 4 rings (SSSR count). The maximum Gasteiger partial charge on any atom is 0.263 e. The summed E-state index contributed by atoms with van der Waals surface area (Å²) in [5, 5.41) is 12.0. The molecule has 160 valence electrons. The van der Waals surface area contributed by atoms with Gasteiger partial charge in [0.25, 0.3) is 5.56 Å². The van der Waals surface area contributed by atoms with E-state index in [0.717, 1.165) is 16.6 Å². The fourth-order valence-corrected chi connectivity index (χ4v) is 3.60. The highest BCUT2D eigenvalue weighted by molar-refractivity contribution is 5.80. The molecular weight excluding hydrogens is 394 g/mol. The summed E-state index contributed by atoms with van der Waals surface area (Å²) in [6.45, 7) is 3.36. The molecule has 1 amide bonds. The minimum absolute atomic E-state index is 0.0777. The summed E-state index contributed by atoms with van der Waals surface area (Å²) >= 11 is 0. The Hall–Kier alpha value is -3.52. The van der Waals surface area contributed by atoms with E-state index in [9.17, 15) is 9.59 Å². The lowest BCUT2D eigenvalue weighted by Crippen LogP contribution is -2.27. The van der Waals surface area contributed by atoms with E-state index in [1.54, 1.807) is 11.7 Å². The smallest absolute Gasteiger partial charge is 0.263 e. The monoisotopic (exact) mass is 419 g/mol. The zero-order valence-corrected chi connectivity index (χ0v) is 17.7. The van der Waals surface area contributed by atoms with Crippen LogP contribution in [0.4, 0.5) is 0 Å². The van der Waals surface area contributed by atoms with E-state index < -0.39 is 0 Å². The molecule has 2 aromatic heterocycles. The van der Waals surface area contributed by atoms with Gasteiger partial charge >= 0.3 is 0 Å². The second-order valence-electron chi connectivity index (χ2n) is 7.49. The number of hydrogen-bond donors (Lipinski definition) is 1. The van der Waals surface area contributed by atoms with Gasteiger partial charge in [-0.1, -0.05) is 42.0 Å². The van der Waals surface area contributed by atoms with Gasteiger partial charge in [-0.2, -0.15) is 0 Å². The fourth-order valence-electron chi connectivity index (χ4n) is 3.60. The number of methoxy groups -OCH3 is 1. The maximum absolute atomic E-state index is 13.2. The summed E-state index contributed by atoms with van der Waals surface area (Å²) in [5.41, 5.74) is 2.79. The van der Waals surface area contributed by atoms with Crippen LogP contribution in [-0.4, -0.2) is 45.3 Å². The van der Waals surface area contributed by atoms with Crippen LogP contribution >= 0.6 is 0 Å². The normalized spacial score (nSPS) is 11.3. The minimum Gasteiger partial charge on any atom is -0.383 e. The Bertz CT molecular complexity index is 1270. The van der Waals surface area contributed by atoms with Crippen LogP contribution in [0.15, 0.2) is 53.3 Å². The molecule has 8 heteroatoms. The lowest BCUT2D eigenvalue weighted by atomic mass is 10.1. The third kappa shape index (κ3) is 4.34. The number of para-hydroxylation sites is 1. The van der Waals surface area contributed by atoms with Crippen molar-refractivity contribution in [2.24, 2.45) is 0 Å². The molecule has 1 N–H and O–H groups in total. The average Bonchev–Trinajstić information content (AvgIpc) is 3.21. The summed E-state index contributed by atoms with van der Waals surface area (Å²) in [4.78, 5) is 25.4. The van der Waals surface area contributed by atoms with Gasteiger partial charge in [0, 0.05) is 26.5 Å². The van der Waals surface area contributed by atoms with Crippen LogP contribution in [0.25, 0.3) is 16.7 Å². The molecule has 0 spiro atoms. The lowest BCUT2D eigenvalue weighted by Gasteiger charge is -2.12. The van der Waals surface area contributed by atoms with Crippen molar-refractivity contribution >= 4 is 22.6 Å². The van der Waals surface area contributed by atoms with E-state index in [1.165, 1.54) is 0 Å². The highest BCUT2D eigenvalue weighted by Crippen LogP contribution is 2.16. The Labute approximate surface area is 179 Å². The van der Waals surface area contributed by atoms with Gasteiger partial charge in [-0.25, -0.2) is 0 Å². The van der Waals surface area contributed by atoms with Crippen LogP contribution in [0, 0.1) is 6.92 Å². The van der Waals surface area contributed by atoms with Crippen molar-refractivity contribution in [2.75, 3.05) is 20.3 Å². The van der Waals surface area contributed by atoms with Gasteiger partial charge in [-0.05, 0) is 24.6 Å². The highest BCUT2D eigenvalue weighted by Gasteiger charge is 2.17. The summed E-state index contributed by atoms with van der Waals surface area (Å²) in [7, 11) is 1.59. The second-order valence-corrected chi connectivity index (χ2v) is 7.49. The molecule has 31 heavy (non-hydrogen) atoms. The molecule has 0 radical (unpaired) electrons. The average molecular weight is 419 g/mol. The van der Waals surface area contributed by atoms with Crippen LogP contribution in [0.5, 0.6) is 0 Å². The molecule has 0 aliphatic carbocycles. The standard InChI is InChI=1S/C23H25N5O3/c1-16-7-9-17(10-8-16)15-27-22(30)18-5-3-4-6-19(18)28-20(25-26-23(27)28)11-12-21(29)24-13-14-31-2/h3-10H,11-15H2,1-2H3,(H,24,29). The molecule has 0 aliphatic heterocycles. The van der Waals surface area contributed by atoms with E-state index >= 15 is 0 Å². The Morgan fingerprint density at radius 3 is 2.65 bits per heavy atom. The molecule has 0 bridgehead atoms. The number of amides is 1. The van der Waals surface area contributed by atoms with E-state index in [0.29, 0.717) is 43.1 Å². The number of carbonyl (C=O) groups excluding carboxylic acids is 1. The predicted octanol–water partition coefficient (Wildman–Crippen LogP) is 2.10. The number of carbonyl (C=O) groups is 1. The first-order chi connectivity index (χ1) is 15.1. The minimum atomic E-state index is -0.111. The first-order valence-electron chi connectivity index (χ1n) is 10.2. The summed E-state index contributed by atoms with van der Waals surface area (Å²) in [6, 6.07) is 15.5. The molecule has 0 aliphatic rings. The van der Waals surface area contributed by atoms with E-state index in [2.05, 4.69) is 15.5 Å². The summed E-state index contributed by atoms with van der Waals surface area (Å²) in [6.07, 6.45) is 0.683. The SMILES string of the molecule is COCCNC(=O)CCc1nnc2n(Cc3ccc(C)cc3)c(=O)c3ccccc3n12. The molecule has 0 fully saturated rings. The first-order valence-corrected chi connectivity index (χ1v) is 10.2. The maximum atomic E-state index is 13.2. The van der Waals surface area contributed by atoms with Gasteiger partial charge in [-0.3, -0.25) is 18.6 Å². The number of aromatic nitrogens is 4. The molecule has 0 saturated heterocycles. The van der Waals surface area contributed by atoms with Crippen molar-refractivity contribution in [3.05, 3.63) is 75.8 Å². The van der Waals surface area contributed by atoms with Crippen LogP contribution in [0.1, 0.15) is 23.4 Å². The number of fused-ring (bicyclic) bond motifs is 3. The largest absolute Gasteiger partial charge is 0.383 e. The van der Waals surface area contributed by atoms with E-state index in [4.69, 9.17) is 4.74 Å². The molecule has 0 atom stereocenters. The van der Waals surface area contributed by atoms with Crippen LogP contribution in [-0.2, 0) is 22.5 Å². The molecule has 4 aromatic rings. The van der Waals surface area contributed by atoms with Gasteiger partial charge < -0.3 is 10.1 Å². The quantitative estimate of drug-likeness (QED) is 0.442. The van der Waals surface area contributed by atoms with Gasteiger partial charge in [0.05, 0.1) is 24.1 Å². The number of hydrogen-bond acceptors (Lipinski definition) is 5. The topological polar surface area (TPSA) is 90.5 Å². The Balaban J connectivity index is 1.73. The molecule has 0 unspecified atom stereocenters. The number of benzene rings is 2. The van der Waals surface area contributed by atoms with Gasteiger partial charge in [0.15, 0.2) is 0 Å². The Morgan fingerprint density at radius 1 is 1.10 bits per heavy atom. The Kier molecular flexibility index (Phi) is 6.08. The molecule has 2 aromatic carbocycles. The molecule has 2 heterocycles. The second kappa shape index (κ2) is 9.09. The van der Waals surface area contributed by atoms with Crippen molar-refractivity contribution in [2.45, 2.75) is 26.3 Å². The van der Waals surface area contributed by atoms with E-state index in [-0.39, 0.29) is 17.9 Å². The van der Waals surface area contributed by atoms with Crippen molar-refractivity contribution in [1.82, 2.24) is 24.5 Å². The van der Waals surface area contributed by atoms with Crippen molar-refractivity contribution < 1.29 is 9.53 Å². The van der Waals surface area contributed by atoms with Crippen molar-refractivity contribution in [1.29, 1.82) is 0 Å². The van der Waals surface area contributed by atoms with Crippen molar-refractivity contribution in [3.63, 3.8) is 0 Å². The predicted molar refractivity (Wildman–Crippen MR) is 118 cm³/mol. The molecule has 8 nitrogen and oxygen atoms in total. The number of nitrogens with zero attached hydrogens (tertiary/aromatic N) is 4. The molecular formula is C23H25N5O3. The zero-order valence-electron chi connectivity index (χ0n) is 17.7. The number of aryl methyl sites for hydroxylation is 2. The van der Waals surface area contributed by atoms with Crippen LogP contribution in [0.3, 0.4) is 0 Å². The first kappa shape index (κ1) is 20.7. The number of nitrogens with one attached hydrogen (secondary N) is 1. The lowest BCUT2D eigenvalue weighted by molar-refractivity contribution is -0.121. The summed E-state index contributed by atoms with van der Waals surface area (Å²) < 4.78 is 8.48. The van der Waals surface area contributed by atoms with Gasteiger partial charge in [0.2, 0.25) is 11.7 Å². The molecule has 0 saturated carbocycles. The third-order valence-corrected chi connectivity index (χ3v) is 5.24. The van der Waals surface area contributed by atoms with Crippen LogP contribution < -0.4 is 10.9 Å². The third-order valence-electron chi connectivity index (χ3n) is 5.24. The van der Waals surface area contributed by atoms with Gasteiger partial charge in [-0.15, -0.1) is 10.2 Å². The van der Waals surface area contributed by atoms with E-state index in [1.807, 2.05) is 59.9 Å². The number of ether oxygens (including phenoxy) is 1. The fraction of sp³-hybridized carbons (Fsp3) is 0.304. The Morgan fingerprint density at radius 2 is 1.87 bits per heavy atom. The van der Waals surface area contributed by atoms with Gasteiger partial charge in [0.1, 0.15) is 5.82 Å². The highest BCUT2D eigenvalue weighted by atomic mass is 16.5. The van der Waals surface area contributed by atoms with Crippen molar-refractivity contribution in [3.8, 4) is 0 Å². The van der Waals surface area contributed by atoms with Crippen LogP contribution in [0.2, 0.25) is 0 Å². The summed E-state index contributed by atoms with van der Waals surface area (Å²) in [5.74, 6) is 1.04. The number of rotatable bonds is 8. The zero-order chi connectivity index (χ0) is 21.8.